The molecule has 0 aliphatic rings. The van der Waals surface area contributed by atoms with Crippen LogP contribution in [0.3, 0.4) is 0 Å². The van der Waals surface area contributed by atoms with Gasteiger partial charge in [-0.25, -0.2) is 0 Å². The van der Waals surface area contributed by atoms with Gasteiger partial charge in [-0.3, -0.25) is 4.79 Å². The molecule has 0 amide bonds. The van der Waals surface area contributed by atoms with Crippen LogP contribution in [0.15, 0.2) is 48.7 Å². The number of Topliss-reactive ketones (excluding diaryl/α,β-unsaturated/α-hetero) is 1. The van der Waals surface area contributed by atoms with Crippen LogP contribution in [-0.2, 0) is 18.3 Å². The third-order valence-corrected chi connectivity index (χ3v) is 4.54. The summed E-state index contributed by atoms with van der Waals surface area (Å²) < 4.78 is 2.10. The van der Waals surface area contributed by atoms with Crippen molar-refractivity contribution in [1.29, 1.82) is 0 Å². The van der Waals surface area contributed by atoms with Crippen LogP contribution in [0.2, 0.25) is 0 Å². The van der Waals surface area contributed by atoms with E-state index in [9.17, 15) is 4.79 Å². The standard InChI is InChI=1S/C23H23NO/c1-16(2)23(25)14-18-9-10-19(17(3)13-18)11-12-20-15-24(4)22-8-6-5-7-21(20)22/h5-10,13,15-16H,14H2,1-4H3. The van der Waals surface area contributed by atoms with Gasteiger partial charge in [0.25, 0.3) is 0 Å². The summed E-state index contributed by atoms with van der Waals surface area (Å²) in [6, 6.07) is 14.4. The van der Waals surface area contributed by atoms with Crippen molar-refractivity contribution >= 4 is 16.7 Å². The Morgan fingerprint density at radius 3 is 2.52 bits per heavy atom. The lowest BCUT2D eigenvalue weighted by molar-refractivity contribution is -0.121. The first-order chi connectivity index (χ1) is 12.0. The predicted molar refractivity (Wildman–Crippen MR) is 104 cm³/mol. The molecule has 0 bridgehead atoms. The number of ketones is 1. The molecular weight excluding hydrogens is 306 g/mol. The third kappa shape index (κ3) is 3.67. The summed E-state index contributed by atoms with van der Waals surface area (Å²) in [5.74, 6) is 6.94. The monoisotopic (exact) mass is 329 g/mol. The van der Waals surface area contributed by atoms with E-state index < -0.39 is 0 Å². The molecule has 0 unspecified atom stereocenters. The van der Waals surface area contributed by atoms with Crippen molar-refractivity contribution in [1.82, 2.24) is 4.57 Å². The van der Waals surface area contributed by atoms with E-state index in [0.29, 0.717) is 6.42 Å². The number of carbonyl (C=O) groups is 1. The van der Waals surface area contributed by atoms with Crippen LogP contribution in [0.5, 0.6) is 0 Å². The molecule has 0 saturated heterocycles. The Morgan fingerprint density at radius 2 is 1.80 bits per heavy atom. The number of nitrogens with zero attached hydrogens (tertiary/aromatic N) is 1. The Labute approximate surface area is 149 Å². The van der Waals surface area contributed by atoms with E-state index >= 15 is 0 Å². The summed E-state index contributed by atoms with van der Waals surface area (Å²) >= 11 is 0. The Balaban J connectivity index is 1.89. The van der Waals surface area contributed by atoms with Gasteiger partial charge < -0.3 is 4.57 Å². The van der Waals surface area contributed by atoms with Gasteiger partial charge >= 0.3 is 0 Å². The zero-order valence-corrected chi connectivity index (χ0v) is 15.3. The molecule has 2 heteroatoms. The Kier molecular flexibility index (Phi) is 4.76. The number of carbonyl (C=O) groups excluding carboxylic acids is 1. The molecule has 0 fully saturated rings. The van der Waals surface area contributed by atoms with Crippen molar-refractivity contribution < 1.29 is 4.79 Å². The van der Waals surface area contributed by atoms with Gasteiger partial charge in [0.15, 0.2) is 0 Å². The van der Waals surface area contributed by atoms with Crippen molar-refractivity contribution in [3.8, 4) is 11.8 Å². The van der Waals surface area contributed by atoms with Crippen molar-refractivity contribution in [2.45, 2.75) is 27.2 Å². The molecule has 25 heavy (non-hydrogen) atoms. The van der Waals surface area contributed by atoms with Gasteiger partial charge in [0.05, 0.1) is 5.56 Å². The van der Waals surface area contributed by atoms with Crippen LogP contribution >= 0.6 is 0 Å². The molecule has 2 aromatic carbocycles. The van der Waals surface area contributed by atoms with Crippen molar-refractivity contribution in [2.24, 2.45) is 13.0 Å². The fourth-order valence-electron chi connectivity index (χ4n) is 2.96. The smallest absolute Gasteiger partial charge is 0.139 e. The number of hydrogen-bond acceptors (Lipinski definition) is 1. The molecule has 2 nitrogen and oxygen atoms in total. The molecule has 0 atom stereocenters. The van der Waals surface area contributed by atoms with Gasteiger partial charge in [-0.1, -0.05) is 56.0 Å². The van der Waals surface area contributed by atoms with Gasteiger partial charge in [0.2, 0.25) is 0 Å². The fraction of sp³-hybridized carbons (Fsp3) is 0.261. The van der Waals surface area contributed by atoms with Crippen molar-refractivity contribution in [2.75, 3.05) is 0 Å². The molecule has 3 aromatic rings. The quantitative estimate of drug-likeness (QED) is 0.641. The largest absolute Gasteiger partial charge is 0.349 e. The van der Waals surface area contributed by atoms with E-state index in [4.69, 9.17) is 0 Å². The number of aromatic nitrogens is 1. The molecule has 126 valence electrons. The normalized spacial score (nSPS) is 10.8. The van der Waals surface area contributed by atoms with Crippen LogP contribution in [0.1, 0.15) is 36.1 Å². The summed E-state index contributed by atoms with van der Waals surface area (Å²) in [6.07, 6.45) is 2.57. The number of aryl methyl sites for hydroxylation is 2. The second-order valence-corrected chi connectivity index (χ2v) is 6.87. The van der Waals surface area contributed by atoms with Crippen molar-refractivity contribution in [3.63, 3.8) is 0 Å². The maximum atomic E-state index is 11.9. The van der Waals surface area contributed by atoms with Gasteiger partial charge in [0, 0.05) is 42.0 Å². The van der Waals surface area contributed by atoms with Gasteiger partial charge in [-0.2, -0.15) is 0 Å². The minimum Gasteiger partial charge on any atom is -0.349 e. The summed E-state index contributed by atoms with van der Waals surface area (Å²) in [5, 5.41) is 1.18. The lowest BCUT2D eigenvalue weighted by Crippen LogP contribution is -2.10. The second-order valence-electron chi connectivity index (χ2n) is 6.87. The van der Waals surface area contributed by atoms with Crippen molar-refractivity contribution in [3.05, 3.63) is 70.9 Å². The van der Waals surface area contributed by atoms with Gasteiger partial charge in [-0.05, 0) is 30.2 Å². The van der Waals surface area contributed by atoms with E-state index in [1.54, 1.807) is 0 Å². The molecular formula is C23H23NO. The zero-order chi connectivity index (χ0) is 18.0. The lowest BCUT2D eigenvalue weighted by Gasteiger charge is -2.06. The topological polar surface area (TPSA) is 22.0 Å². The van der Waals surface area contributed by atoms with Crippen LogP contribution in [0.4, 0.5) is 0 Å². The highest BCUT2D eigenvalue weighted by molar-refractivity contribution is 5.87. The molecule has 0 saturated carbocycles. The van der Waals surface area contributed by atoms with E-state index in [1.807, 2.05) is 45.2 Å². The Hall–Kier alpha value is -2.79. The van der Waals surface area contributed by atoms with Gasteiger partial charge in [-0.15, -0.1) is 0 Å². The minimum absolute atomic E-state index is 0.0751. The van der Waals surface area contributed by atoms with E-state index in [2.05, 4.69) is 47.7 Å². The molecule has 0 N–H and O–H groups in total. The molecule has 1 aromatic heterocycles. The average Bonchev–Trinajstić information content (AvgIpc) is 2.90. The highest BCUT2D eigenvalue weighted by Crippen LogP contribution is 2.19. The van der Waals surface area contributed by atoms with E-state index in [0.717, 1.165) is 22.3 Å². The van der Waals surface area contributed by atoms with Crippen LogP contribution in [0.25, 0.3) is 10.9 Å². The summed E-state index contributed by atoms with van der Waals surface area (Å²) in [4.78, 5) is 11.9. The maximum Gasteiger partial charge on any atom is 0.139 e. The number of benzene rings is 2. The van der Waals surface area contributed by atoms with Crippen LogP contribution < -0.4 is 0 Å². The third-order valence-electron chi connectivity index (χ3n) is 4.54. The van der Waals surface area contributed by atoms with E-state index in [1.165, 1.54) is 10.9 Å². The SMILES string of the molecule is Cc1cc(CC(=O)C(C)C)ccc1C#Cc1cn(C)c2ccccc12. The molecule has 0 aliphatic heterocycles. The van der Waals surface area contributed by atoms with E-state index in [-0.39, 0.29) is 11.7 Å². The lowest BCUT2D eigenvalue weighted by atomic mass is 9.98. The second kappa shape index (κ2) is 6.99. The molecule has 0 spiro atoms. The number of rotatable bonds is 3. The summed E-state index contributed by atoms with van der Waals surface area (Å²) in [6.45, 7) is 5.94. The van der Waals surface area contributed by atoms with Crippen LogP contribution in [0, 0.1) is 24.7 Å². The Morgan fingerprint density at radius 1 is 1.08 bits per heavy atom. The zero-order valence-electron chi connectivity index (χ0n) is 15.3. The maximum absolute atomic E-state index is 11.9. The first kappa shape index (κ1) is 17.0. The molecule has 0 aliphatic carbocycles. The van der Waals surface area contributed by atoms with Gasteiger partial charge in [0.1, 0.15) is 5.78 Å². The Bertz CT molecular complexity index is 996. The number of para-hydroxylation sites is 1. The highest BCUT2D eigenvalue weighted by atomic mass is 16.1. The molecule has 0 radical (unpaired) electrons. The molecule has 1 heterocycles. The fourth-order valence-corrected chi connectivity index (χ4v) is 2.96. The number of hydrogen-bond donors (Lipinski definition) is 0. The number of fused-ring (bicyclic) bond motifs is 1. The first-order valence-electron chi connectivity index (χ1n) is 8.64. The minimum atomic E-state index is 0.0751. The summed E-state index contributed by atoms with van der Waals surface area (Å²) in [7, 11) is 2.04. The predicted octanol–water partition coefficient (Wildman–Crippen LogP) is 4.65. The summed E-state index contributed by atoms with van der Waals surface area (Å²) in [5.41, 5.74) is 5.41. The molecule has 3 rings (SSSR count). The van der Waals surface area contributed by atoms with Crippen LogP contribution in [-0.4, -0.2) is 10.4 Å². The highest BCUT2D eigenvalue weighted by Gasteiger charge is 2.09. The average molecular weight is 329 g/mol. The first-order valence-corrected chi connectivity index (χ1v) is 8.64.